The molecule has 0 heterocycles. The fraction of sp³-hybridized carbons (Fsp3) is 0.467. The summed E-state index contributed by atoms with van der Waals surface area (Å²) in [6.07, 6.45) is 3.30. The fourth-order valence-corrected chi connectivity index (χ4v) is 2.04. The van der Waals surface area contributed by atoms with E-state index in [1.165, 1.54) is 11.1 Å². The molecule has 3 heteroatoms. The summed E-state index contributed by atoms with van der Waals surface area (Å²) in [7, 11) is 4.09. The fourth-order valence-electron chi connectivity index (χ4n) is 1.48. The molecule has 0 atom stereocenters. The molecule has 0 aliphatic rings. The van der Waals surface area contributed by atoms with Crippen LogP contribution in [0.15, 0.2) is 29.8 Å². The van der Waals surface area contributed by atoms with Crippen molar-refractivity contribution in [3.8, 4) is 5.75 Å². The van der Waals surface area contributed by atoms with Crippen LogP contribution >= 0.6 is 15.9 Å². The van der Waals surface area contributed by atoms with Gasteiger partial charge in [0.25, 0.3) is 0 Å². The van der Waals surface area contributed by atoms with Crippen LogP contribution in [-0.4, -0.2) is 37.5 Å². The van der Waals surface area contributed by atoms with Crippen LogP contribution in [0.1, 0.15) is 18.9 Å². The van der Waals surface area contributed by atoms with Crippen LogP contribution in [-0.2, 0) is 0 Å². The van der Waals surface area contributed by atoms with E-state index >= 15 is 0 Å². The van der Waals surface area contributed by atoms with Gasteiger partial charge in [0.15, 0.2) is 0 Å². The van der Waals surface area contributed by atoms with Crippen LogP contribution in [0.25, 0.3) is 6.08 Å². The molecule has 0 spiro atoms. The number of likely N-dealkylation sites (N-methyl/N-ethyl adjacent to an activating group) is 1. The van der Waals surface area contributed by atoms with E-state index in [2.05, 4.69) is 46.0 Å². The zero-order valence-electron chi connectivity index (χ0n) is 11.4. The van der Waals surface area contributed by atoms with Crippen molar-refractivity contribution in [1.82, 2.24) is 4.90 Å². The topological polar surface area (TPSA) is 12.5 Å². The predicted octanol–water partition coefficient (Wildman–Crippen LogP) is 3.82. The summed E-state index contributed by atoms with van der Waals surface area (Å²) in [5.74, 6) is 0.936. The van der Waals surface area contributed by atoms with Crippen molar-refractivity contribution in [2.24, 2.45) is 0 Å². The third-order valence-electron chi connectivity index (χ3n) is 2.68. The largest absolute Gasteiger partial charge is 0.492 e. The van der Waals surface area contributed by atoms with E-state index in [0.717, 1.165) is 30.7 Å². The molecule has 0 saturated heterocycles. The van der Waals surface area contributed by atoms with Gasteiger partial charge in [0, 0.05) is 11.9 Å². The highest BCUT2D eigenvalue weighted by Crippen LogP contribution is 2.16. The Kier molecular flexibility index (Phi) is 7.06. The van der Waals surface area contributed by atoms with Gasteiger partial charge in [-0.25, -0.2) is 0 Å². The molecule has 18 heavy (non-hydrogen) atoms. The third-order valence-corrected chi connectivity index (χ3v) is 3.40. The summed E-state index contributed by atoms with van der Waals surface area (Å²) in [4.78, 5) is 2.11. The zero-order chi connectivity index (χ0) is 13.4. The van der Waals surface area contributed by atoms with Gasteiger partial charge in [-0.2, -0.15) is 0 Å². The van der Waals surface area contributed by atoms with Crippen molar-refractivity contribution in [3.05, 3.63) is 35.4 Å². The lowest BCUT2D eigenvalue weighted by Gasteiger charge is -2.11. The first-order valence-electron chi connectivity index (χ1n) is 6.28. The van der Waals surface area contributed by atoms with Crippen molar-refractivity contribution in [2.75, 3.05) is 32.6 Å². The van der Waals surface area contributed by atoms with Crippen molar-refractivity contribution in [2.45, 2.75) is 13.3 Å². The lowest BCUT2D eigenvalue weighted by molar-refractivity contribution is 0.261. The quantitative estimate of drug-likeness (QED) is 0.710. The van der Waals surface area contributed by atoms with Gasteiger partial charge in [-0.3, -0.25) is 0 Å². The lowest BCUT2D eigenvalue weighted by atomic mass is 10.1. The molecule has 1 rings (SSSR count). The Labute approximate surface area is 119 Å². The van der Waals surface area contributed by atoms with Gasteiger partial charge >= 0.3 is 0 Å². The number of nitrogens with zero attached hydrogens (tertiary/aromatic N) is 1. The van der Waals surface area contributed by atoms with E-state index < -0.39 is 0 Å². The standard InChI is InChI=1S/C15H22BrNO/c1-4-13(12-16)11-14-5-7-15(8-6-14)18-10-9-17(2)3/h5-8,11H,4,9-10,12H2,1-3H3. The summed E-state index contributed by atoms with van der Waals surface area (Å²) in [6.45, 7) is 3.83. The molecule has 0 radical (unpaired) electrons. The second-order valence-electron chi connectivity index (χ2n) is 4.51. The van der Waals surface area contributed by atoms with Crippen molar-refractivity contribution in [1.29, 1.82) is 0 Å². The maximum atomic E-state index is 5.66. The highest BCUT2D eigenvalue weighted by Gasteiger charge is 1.96. The second kappa shape index (κ2) is 8.33. The number of halogens is 1. The molecular formula is C15H22BrNO. The van der Waals surface area contributed by atoms with Crippen molar-refractivity contribution in [3.63, 3.8) is 0 Å². The van der Waals surface area contributed by atoms with E-state index in [1.807, 2.05) is 26.2 Å². The number of alkyl halides is 1. The van der Waals surface area contributed by atoms with Crippen molar-refractivity contribution >= 4 is 22.0 Å². The first-order chi connectivity index (χ1) is 8.65. The number of hydrogen-bond donors (Lipinski definition) is 0. The number of ether oxygens (including phenoxy) is 1. The maximum absolute atomic E-state index is 5.66. The lowest BCUT2D eigenvalue weighted by Crippen LogP contribution is -2.19. The normalized spacial score (nSPS) is 11.9. The molecule has 0 aliphatic heterocycles. The molecule has 0 bridgehead atoms. The Morgan fingerprint density at radius 1 is 1.28 bits per heavy atom. The Balaban J connectivity index is 2.54. The summed E-state index contributed by atoms with van der Waals surface area (Å²) in [5.41, 5.74) is 2.63. The minimum atomic E-state index is 0.726. The first kappa shape index (κ1) is 15.3. The first-order valence-corrected chi connectivity index (χ1v) is 7.41. The van der Waals surface area contributed by atoms with Crippen LogP contribution in [0.3, 0.4) is 0 Å². The minimum Gasteiger partial charge on any atom is -0.492 e. The number of rotatable bonds is 7. The van der Waals surface area contributed by atoms with Crippen LogP contribution in [0, 0.1) is 0 Å². The predicted molar refractivity (Wildman–Crippen MR) is 82.6 cm³/mol. The Bertz CT molecular complexity index is 365. The molecule has 0 unspecified atom stereocenters. The highest BCUT2D eigenvalue weighted by molar-refractivity contribution is 9.09. The molecule has 0 N–H and O–H groups in total. The summed E-state index contributed by atoms with van der Waals surface area (Å²) in [6, 6.07) is 8.26. The Morgan fingerprint density at radius 2 is 1.94 bits per heavy atom. The second-order valence-corrected chi connectivity index (χ2v) is 5.07. The number of allylic oxidation sites excluding steroid dienone is 1. The average molecular weight is 312 g/mol. The molecule has 2 nitrogen and oxygen atoms in total. The molecule has 0 saturated carbocycles. The molecule has 1 aromatic carbocycles. The average Bonchev–Trinajstić information content (AvgIpc) is 2.37. The Hall–Kier alpha value is -0.800. The van der Waals surface area contributed by atoms with E-state index in [9.17, 15) is 0 Å². The van der Waals surface area contributed by atoms with Gasteiger partial charge in [0.2, 0.25) is 0 Å². The van der Waals surface area contributed by atoms with Crippen LogP contribution in [0.4, 0.5) is 0 Å². The Morgan fingerprint density at radius 3 is 2.44 bits per heavy atom. The van der Waals surface area contributed by atoms with E-state index in [1.54, 1.807) is 0 Å². The van der Waals surface area contributed by atoms with Crippen LogP contribution < -0.4 is 4.74 Å². The molecule has 0 aromatic heterocycles. The molecular weight excluding hydrogens is 290 g/mol. The van der Waals surface area contributed by atoms with Gasteiger partial charge in [0.1, 0.15) is 12.4 Å². The van der Waals surface area contributed by atoms with Crippen LogP contribution in [0.2, 0.25) is 0 Å². The molecule has 1 aromatic rings. The smallest absolute Gasteiger partial charge is 0.119 e. The molecule has 100 valence electrons. The van der Waals surface area contributed by atoms with Gasteiger partial charge < -0.3 is 9.64 Å². The maximum Gasteiger partial charge on any atom is 0.119 e. The van der Waals surface area contributed by atoms with Crippen LogP contribution in [0.5, 0.6) is 5.75 Å². The highest BCUT2D eigenvalue weighted by atomic mass is 79.9. The number of hydrogen-bond acceptors (Lipinski definition) is 2. The van der Waals surface area contributed by atoms with Gasteiger partial charge in [-0.1, -0.05) is 46.6 Å². The molecule has 0 fully saturated rings. The zero-order valence-corrected chi connectivity index (χ0v) is 13.0. The summed E-state index contributed by atoms with van der Waals surface area (Å²) >= 11 is 3.50. The third kappa shape index (κ3) is 5.69. The van der Waals surface area contributed by atoms with Gasteiger partial charge in [-0.05, 0) is 38.2 Å². The van der Waals surface area contributed by atoms with E-state index in [4.69, 9.17) is 4.74 Å². The number of benzene rings is 1. The minimum absolute atomic E-state index is 0.726. The van der Waals surface area contributed by atoms with Gasteiger partial charge in [0.05, 0.1) is 0 Å². The van der Waals surface area contributed by atoms with Gasteiger partial charge in [-0.15, -0.1) is 0 Å². The molecule has 0 amide bonds. The van der Waals surface area contributed by atoms with E-state index in [-0.39, 0.29) is 0 Å². The van der Waals surface area contributed by atoms with E-state index in [0.29, 0.717) is 0 Å². The SMILES string of the molecule is CCC(=Cc1ccc(OCCN(C)C)cc1)CBr. The summed E-state index contributed by atoms with van der Waals surface area (Å²) in [5, 5.41) is 0.935. The molecule has 0 aliphatic carbocycles. The summed E-state index contributed by atoms with van der Waals surface area (Å²) < 4.78 is 5.66. The van der Waals surface area contributed by atoms with Crippen molar-refractivity contribution < 1.29 is 4.74 Å². The monoisotopic (exact) mass is 311 g/mol.